The Bertz CT molecular complexity index is 518. The van der Waals surface area contributed by atoms with Crippen LogP contribution in [0.5, 0.6) is 0 Å². The number of carbonyl (C=O) groups is 4. The molecule has 0 aromatic rings. The molecule has 120 valence electrons. The molecule has 1 saturated carbocycles. The Morgan fingerprint density at radius 3 is 1.50 bits per heavy atom. The molecule has 2 saturated heterocycles. The first kappa shape index (κ1) is 14.7. The molecule has 0 spiro atoms. The molecular weight excluding hydrogens is 296 g/mol. The minimum absolute atomic E-state index is 0.0620. The third-order valence-electron chi connectivity index (χ3n) is 4.68. The van der Waals surface area contributed by atoms with Crippen LogP contribution in [0.2, 0.25) is 0 Å². The summed E-state index contributed by atoms with van der Waals surface area (Å²) in [5.41, 5.74) is -2.51. The predicted octanol–water partition coefficient (Wildman–Crippen LogP) is -2.32. The lowest BCUT2D eigenvalue weighted by molar-refractivity contribution is -0.199. The zero-order chi connectivity index (χ0) is 16.1. The van der Waals surface area contributed by atoms with Crippen molar-refractivity contribution in [1.82, 2.24) is 21.3 Å². The lowest BCUT2D eigenvalue weighted by Crippen LogP contribution is -2.94. The number of hydrogen-bond donors (Lipinski definition) is 4. The van der Waals surface area contributed by atoms with Gasteiger partial charge in [-0.1, -0.05) is 0 Å². The summed E-state index contributed by atoms with van der Waals surface area (Å²) in [5, 5.41) is 9.53. The van der Waals surface area contributed by atoms with Crippen LogP contribution in [0, 0.1) is 10.8 Å². The molecule has 0 unspecified atom stereocenters. The molecule has 2 heterocycles. The van der Waals surface area contributed by atoms with E-state index in [1.54, 1.807) is 0 Å². The van der Waals surface area contributed by atoms with E-state index in [9.17, 15) is 19.2 Å². The number of imide groups is 2. The van der Waals surface area contributed by atoms with Gasteiger partial charge in [0.25, 0.3) is 0 Å². The normalized spacial score (nSPS) is 39.5. The van der Waals surface area contributed by atoms with Crippen molar-refractivity contribution in [2.75, 3.05) is 27.4 Å². The summed E-state index contributed by atoms with van der Waals surface area (Å²) in [4.78, 5) is 48.2. The van der Waals surface area contributed by atoms with Gasteiger partial charge in [-0.05, 0) is 0 Å². The lowest BCUT2D eigenvalue weighted by Gasteiger charge is -2.67. The van der Waals surface area contributed by atoms with Crippen molar-refractivity contribution < 1.29 is 28.7 Å². The third-order valence-corrected chi connectivity index (χ3v) is 4.68. The zero-order valence-electron chi connectivity index (χ0n) is 12.0. The highest BCUT2D eigenvalue weighted by Gasteiger charge is 2.81. The maximum atomic E-state index is 12.4. The topological polar surface area (TPSA) is 135 Å². The van der Waals surface area contributed by atoms with Crippen LogP contribution in [0.15, 0.2) is 0 Å². The Hall–Kier alpha value is -2.20. The van der Waals surface area contributed by atoms with Gasteiger partial charge in [-0.2, -0.15) is 0 Å². The first-order valence-electron chi connectivity index (χ1n) is 6.65. The Morgan fingerprint density at radius 2 is 1.18 bits per heavy atom. The van der Waals surface area contributed by atoms with Gasteiger partial charge in [-0.25, -0.2) is 9.59 Å². The smallest absolute Gasteiger partial charge is 0.321 e. The second kappa shape index (κ2) is 4.65. The van der Waals surface area contributed by atoms with Gasteiger partial charge in [0, 0.05) is 14.2 Å². The second-order valence-electron chi connectivity index (χ2n) is 5.67. The van der Waals surface area contributed by atoms with Crippen LogP contribution >= 0.6 is 0 Å². The standard InChI is InChI=1S/C12H16N4O6/c1-21-3-11-5(13-9(19)15-7(11)17)12(4-22-2)6(11)14-10(20)16-8(12)18/h5-6H,3-4H2,1-2H3,(H2,13,15,17,19)(H2,14,16,18,20). The van der Waals surface area contributed by atoms with E-state index < -0.39 is 46.8 Å². The van der Waals surface area contributed by atoms with Crippen molar-refractivity contribution in [2.24, 2.45) is 10.8 Å². The van der Waals surface area contributed by atoms with Gasteiger partial charge in [-0.15, -0.1) is 0 Å². The van der Waals surface area contributed by atoms with E-state index in [4.69, 9.17) is 9.47 Å². The SMILES string of the molecule is COCC12C(=O)NC(=O)NC1C1(COC)C(=O)NC(=O)NC21. The van der Waals surface area contributed by atoms with Crippen LogP contribution in [0.3, 0.4) is 0 Å². The molecule has 3 aliphatic rings. The van der Waals surface area contributed by atoms with Gasteiger partial charge in [0.1, 0.15) is 10.8 Å². The number of hydrogen-bond acceptors (Lipinski definition) is 6. The molecule has 3 fully saturated rings. The molecule has 0 bridgehead atoms. The molecule has 6 amide bonds. The van der Waals surface area contributed by atoms with E-state index in [1.165, 1.54) is 14.2 Å². The molecule has 4 N–H and O–H groups in total. The van der Waals surface area contributed by atoms with E-state index in [1.807, 2.05) is 0 Å². The van der Waals surface area contributed by atoms with Gasteiger partial charge in [0.15, 0.2) is 0 Å². The molecule has 10 heteroatoms. The summed E-state index contributed by atoms with van der Waals surface area (Å²) in [6.07, 6.45) is 0. The minimum atomic E-state index is -1.26. The number of ether oxygens (including phenoxy) is 2. The summed E-state index contributed by atoms with van der Waals surface area (Å²) in [6, 6.07) is -3.07. The van der Waals surface area contributed by atoms with Crippen LogP contribution in [0.1, 0.15) is 0 Å². The second-order valence-corrected chi connectivity index (χ2v) is 5.67. The fraction of sp³-hybridized carbons (Fsp3) is 0.667. The molecular formula is C12H16N4O6. The molecule has 22 heavy (non-hydrogen) atoms. The van der Waals surface area contributed by atoms with Crippen LogP contribution in [0.25, 0.3) is 0 Å². The van der Waals surface area contributed by atoms with Gasteiger partial charge in [0.05, 0.1) is 25.3 Å². The van der Waals surface area contributed by atoms with Gasteiger partial charge < -0.3 is 20.1 Å². The summed E-state index contributed by atoms with van der Waals surface area (Å²) in [7, 11) is 2.80. The molecule has 1 aliphatic carbocycles. The minimum Gasteiger partial charge on any atom is -0.383 e. The van der Waals surface area contributed by atoms with E-state index in [0.29, 0.717) is 0 Å². The number of amides is 6. The Balaban J connectivity index is 2.10. The highest BCUT2D eigenvalue weighted by Crippen LogP contribution is 2.57. The van der Waals surface area contributed by atoms with Crippen molar-refractivity contribution in [3.63, 3.8) is 0 Å². The number of rotatable bonds is 4. The highest BCUT2D eigenvalue weighted by atomic mass is 16.5. The van der Waals surface area contributed by atoms with Crippen molar-refractivity contribution in [3.8, 4) is 0 Å². The molecule has 0 atom stereocenters. The molecule has 3 rings (SSSR count). The van der Waals surface area contributed by atoms with Crippen molar-refractivity contribution in [2.45, 2.75) is 12.1 Å². The Kier molecular flexibility index (Phi) is 3.11. The van der Waals surface area contributed by atoms with Crippen molar-refractivity contribution in [3.05, 3.63) is 0 Å². The van der Waals surface area contributed by atoms with Crippen LogP contribution < -0.4 is 21.3 Å². The van der Waals surface area contributed by atoms with E-state index >= 15 is 0 Å². The quantitative estimate of drug-likeness (QED) is 0.460. The average molecular weight is 312 g/mol. The number of methoxy groups -OCH3 is 2. The summed E-state index contributed by atoms with van der Waals surface area (Å²) in [5.74, 6) is -1.18. The zero-order valence-corrected chi connectivity index (χ0v) is 12.0. The number of urea groups is 2. The molecule has 2 aliphatic heterocycles. The van der Waals surface area contributed by atoms with E-state index in [-0.39, 0.29) is 13.2 Å². The summed E-state index contributed by atoms with van der Waals surface area (Å²) >= 11 is 0. The predicted molar refractivity (Wildman–Crippen MR) is 69.5 cm³/mol. The summed E-state index contributed by atoms with van der Waals surface area (Å²) < 4.78 is 10.2. The first-order chi connectivity index (χ1) is 10.4. The largest absolute Gasteiger partial charge is 0.383 e. The molecule has 0 aromatic heterocycles. The number of nitrogens with one attached hydrogen (secondary N) is 4. The Labute approximate surface area is 125 Å². The number of fused-ring (bicyclic) bond motifs is 4. The first-order valence-corrected chi connectivity index (χ1v) is 6.65. The highest BCUT2D eigenvalue weighted by molar-refractivity contribution is 6.10. The van der Waals surface area contributed by atoms with E-state index in [2.05, 4.69) is 21.3 Å². The fourth-order valence-corrected chi connectivity index (χ4v) is 3.91. The lowest BCUT2D eigenvalue weighted by atomic mass is 9.43. The molecule has 0 radical (unpaired) electrons. The van der Waals surface area contributed by atoms with Crippen LogP contribution in [-0.4, -0.2) is 63.4 Å². The van der Waals surface area contributed by atoms with Crippen LogP contribution in [-0.2, 0) is 19.1 Å². The average Bonchev–Trinajstić information content (AvgIpc) is 2.45. The fourth-order valence-electron chi connectivity index (χ4n) is 3.91. The summed E-state index contributed by atoms with van der Waals surface area (Å²) in [6.45, 7) is -0.124. The van der Waals surface area contributed by atoms with Crippen LogP contribution in [0.4, 0.5) is 9.59 Å². The molecule has 10 nitrogen and oxygen atoms in total. The maximum Gasteiger partial charge on any atom is 0.321 e. The monoisotopic (exact) mass is 312 g/mol. The van der Waals surface area contributed by atoms with E-state index in [0.717, 1.165) is 0 Å². The Morgan fingerprint density at radius 1 is 0.818 bits per heavy atom. The maximum absolute atomic E-state index is 12.4. The van der Waals surface area contributed by atoms with Crippen molar-refractivity contribution in [1.29, 1.82) is 0 Å². The van der Waals surface area contributed by atoms with Gasteiger partial charge in [0.2, 0.25) is 11.8 Å². The van der Waals surface area contributed by atoms with Gasteiger partial charge >= 0.3 is 12.1 Å². The number of carbonyl (C=O) groups excluding carboxylic acids is 4. The molecule has 0 aromatic carbocycles. The third kappa shape index (κ3) is 1.50. The van der Waals surface area contributed by atoms with Gasteiger partial charge in [-0.3, -0.25) is 20.2 Å². The van der Waals surface area contributed by atoms with Crippen molar-refractivity contribution >= 4 is 23.9 Å².